The van der Waals surface area contributed by atoms with Gasteiger partial charge in [-0.15, -0.1) is 0 Å². The average Bonchev–Trinajstić information content (AvgIpc) is 3.20. The smallest absolute Gasteiger partial charge is 0.337 e. The van der Waals surface area contributed by atoms with Crippen molar-refractivity contribution in [1.82, 2.24) is 0 Å². The van der Waals surface area contributed by atoms with Crippen molar-refractivity contribution < 1.29 is 19.4 Å². The number of rotatable bonds is 8. The molecule has 3 aromatic carbocycles. The van der Waals surface area contributed by atoms with Gasteiger partial charge in [0.2, 0.25) is 0 Å². The number of ether oxygens (including phenoxy) is 1. The number of aliphatic hydroxyl groups excluding tert-OH is 1. The fourth-order valence-electron chi connectivity index (χ4n) is 4.73. The third-order valence-corrected chi connectivity index (χ3v) is 6.61. The Hall–Kier alpha value is -3.24. The van der Waals surface area contributed by atoms with Crippen molar-refractivity contribution in [2.24, 2.45) is 11.8 Å². The predicted octanol–water partition coefficient (Wildman–Crippen LogP) is 5.31. The molecule has 1 unspecified atom stereocenters. The molecule has 33 heavy (non-hydrogen) atoms. The van der Waals surface area contributed by atoms with Gasteiger partial charge in [-0.3, -0.25) is 4.79 Å². The topological polar surface area (TPSA) is 63.6 Å². The summed E-state index contributed by atoms with van der Waals surface area (Å²) in [6, 6.07) is 21.9. The van der Waals surface area contributed by atoms with Gasteiger partial charge in [0.05, 0.1) is 18.8 Å². The summed E-state index contributed by atoms with van der Waals surface area (Å²) in [4.78, 5) is 24.1. The minimum Gasteiger partial charge on any atom is -0.465 e. The fourth-order valence-corrected chi connectivity index (χ4v) is 4.73. The number of ketones is 1. The van der Waals surface area contributed by atoms with Crippen molar-refractivity contribution in [2.75, 3.05) is 7.11 Å². The highest BCUT2D eigenvalue weighted by Crippen LogP contribution is 2.33. The van der Waals surface area contributed by atoms with Crippen molar-refractivity contribution in [3.8, 4) is 0 Å². The van der Waals surface area contributed by atoms with Crippen LogP contribution in [-0.4, -0.2) is 30.1 Å². The Balaban J connectivity index is 1.34. The van der Waals surface area contributed by atoms with Gasteiger partial charge in [0.1, 0.15) is 5.78 Å². The molecule has 0 saturated heterocycles. The predicted molar refractivity (Wildman–Crippen MR) is 130 cm³/mol. The summed E-state index contributed by atoms with van der Waals surface area (Å²) in [6.07, 6.45) is 6.87. The zero-order valence-corrected chi connectivity index (χ0v) is 18.9. The zero-order valence-electron chi connectivity index (χ0n) is 18.9. The maximum absolute atomic E-state index is 12.5. The number of aryl methyl sites for hydroxylation is 1. The van der Waals surface area contributed by atoms with Crippen LogP contribution in [0.3, 0.4) is 0 Å². The second-order valence-corrected chi connectivity index (χ2v) is 8.84. The van der Waals surface area contributed by atoms with Crippen molar-refractivity contribution in [1.29, 1.82) is 0 Å². The quantitative estimate of drug-likeness (QED) is 0.379. The molecule has 0 aliphatic heterocycles. The van der Waals surface area contributed by atoms with E-state index in [0.29, 0.717) is 24.2 Å². The van der Waals surface area contributed by atoms with E-state index < -0.39 is 6.10 Å². The Labute approximate surface area is 194 Å². The highest BCUT2D eigenvalue weighted by atomic mass is 16.5. The van der Waals surface area contributed by atoms with Crippen LogP contribution in [0.25, 0.3) is 10.8 Å². The molecule has 0 radical (unpaired) electrons. The number of hydrogen-bond donors (Lipinski definition) is 1. The van der Waals surface area contributed by atoms with Gasteiger partial charge in [-0.25, -0.2) is 4.79 Å². The van der Waals surface area contributed by atoms with Crippen LogP contribution in [-0.2, 0) is 22.4 Å². The Morgan fingerprint density at radius 3 is 2.55 bits per heavy atom. The van der Waals surface area contributed by atoms with E-state index in [2.05, 4.69) is 30.3 Å². The number of benzene rings is 3. The lowest BCUT2D eigenvalue weighted by molar-refractivity contribution is -0.121. The summed E-state index contributed by atoms with van der Waals surface area (Å²) in [6.45, 7) is 0. The number of Topliss-reactive ketones (excluding diaryl/α,β-unsaturated/α-hetero) is 1. The fraction of sp³-hybridized carbons (Fsp3) is 0.310. The molecule has 4 nitrogen and oxygen atoms in total. The van der Waals surface area contributed by atoms with Crippen molar-refractivity contribution in [3.63, 3.8) is 0 Å². The molecule has 4 heteroatoms. The molecule has 170 valence electrons. The Kier molecular flexibility index (Phi) is 7.36. The average molecular weight is 443 g/mol. The number of carbonyl (C=O) groups excluding carboxylic acids is 2. The van der Waals surface area contributed by atoms with E-state index in [-0.39, 0.29) is 17.8 Å². The Bertz CT molecular complexity index is 1150. The minimum atomic E-state index is -0.576. The van der Waals surface area contributed by atoms with E-state index in [1.807, 2.05) is 36.4 Å². The van der Waals surface area contributed by atoms with Gasteiger partial charge < -0.3 is 9.84 Å². The summed E-state index contributed by atoms with van der Waals surface area (Å²) < 4.78 is 4.74. The molecule has 1 fully saturated rings. The first-order valence-corrected chi connectivity index (χ1v) is 11.6. The molecular weight excluding hydrogens is 412 g/mol. The maximum Gasteiger partial charge on any atom is 0.337 e. The van der Waals surface area contributed by atoms with Crippen LogP contribution in [0.2, 0.25) is 0 Å². The van der Waals surface area contributed by atoms with E-state index in [1.165, 1.54) is 17.9 Å². The maximum atomic E-state index is 12.5. The molecule has 0 bridgehead atoms. The molecule has 1 N–H and O–H groups in total. The number of aliphatic hydroxyl groups is 1. The molecule has 1 aliphatic carbocycles. The largest absolute Gasteiger partial charge is 0.465 e. The monoisotopic (exact) mass is 442 g/mol. The van der Waals surface area contributed by atoms with Crippen LogP contribution in [0, 0.1) is 11.8 Å². The number of fused-ring (bicyclic) bond motifs is 1. The van der Waals surface area contributed by atoms with E-state index in [1.54, 1.807) is 12.1 Å². The highest BCUT2D eigenvalue weighted by Gasteiger charge is 2.32. The van der Waals surface area contributed by atoms with Gasteiger partial charge >= 0.3 is 5.97 Å². The SMILES string of the molecule is COC(=O)c1ccc(CC[C@H]2C(=O)CC[C@@H]2C=CC(O)Cc2ccc3ccccc3c2)cc1. The summed E-state index contributed by atoms with van der Waals surface area (Å²) in [7, 11) is 1.37. The first-order chi connectivity index (χ1) is 16.0. The first kappa shape index (κ1) is 22.9. The summed E-state index contributed by atoms with van der Waals surface area (Å²) in [5, 5.41) is 12.9. The molecule has 0 amide bonds. The lowest BCUT2D eigenvalue weighted by Gasteiger charge is -2.16. The molecular formula is C29H30O4. The summed E-state index contributed by atoms with van der Waals surface area (Å²) >= 11 is 0. The molecule has 3 atom stereocenters. The molecule has 4 rings (SSSR count). The van der Waals surface area contributed by atoms with Crippen molar-refractivity contribution in [3.05, 3.63) is 95.6 Å². The summed E-state index contributed by atoms with van der Waals surface area (Å²) in [5.41, 5.74) is 2.72. The highest BCUT2D eigenvalue weighted by molar-refractivity contribution is 5.89. The molecule has 1 saturated carbocycles. The second-order valence-electron chi connectivity index (χ2n) is 8.84. The number of hydrogen-bond acceptors (Lipinski definition) is 4. The van der Waals surface area contributed by atoms with Gasteiger partial charge in [-0.05, 0) is 59.2 Å². The van der Waals surface area contributed by atoms with Crippen molar-refractivity contribution >= 4 is 22.5 Å². The third kappa shape index (κ3) is 5.77. The van der Waals surface area contributed by atoms with E-state index in [9.17, 15) is 14.7 Å². The van der Waals surface area contributed by atoms with Gasteiger partial charge in [-0.2, -0.15) is 0 Å². The van der Waals surface area contributed by atoms with Gasteiger partial charge in [0.15, 0.2) is 0 Å². The molecule has 3 aromatic rings. The van der Waals surface area contributed by atoms with E-state index in [4.69, 9.17) is 4.74 Å². The van der Waals surface area contributed by atoms with Crippen molar-refractivity contribution in [2.45, 2.75) is 38.2 Å². The Morgan fingerprint density at radius 1 is 1.06 bits per heavy atom. The number of methoxy groups -OCH3 is 1. The molecule has 0 aromatic heterocycles. The van der Waals surface area contributed by atoms with Gasteiger partial charge in [-0.1, -0.05) is 66.7 Å². The molecule has 1 aliphatic rings. The zero-order chi connectivity index (χ0) is 23.2. The first-order valence-electron chi connectivity index (χ1n) is 11.6. The van der Waals surface area contributed by atoms with Crippen LogP contribution in [0.15, 0.2) is 78.9 Å². The lowest BCUT2D eigenvalue weighted by atomic mass is 9.88. The van der Waals surface area contributed by atoms with Crippen LogP contribution < -0.4 is 0 Å². The number of allylic oxidation sites excluding steroid dienone is 1. The van der Waals surface area contributed by atoms with Crippen LogP contribution >= 0.6 is 0 Å². The Morgan fingerprint density at radius 2 is 1.79 bits per heavy atom. The van der Waals surface area contributed by atoms with Gasteiger partial charge in [0.25, 0.3) is 0 Å². The standard InChI is InChI=1S/C29H30O4/c1-33-29(32)24-11-6-20(7-12-24)9-16-27-23(14-17-28(27)31)13-15-26(30)19-21-8-10-22-4-2-3-5-25(22)18-21/h2-8,10-13,15,18,23,26-27,30H,9,14,16-17,19H2,1H3/t23-,26?,27+/m0/s1. The van der Waals surface area contributed by atoms with Gasteiger partial charge in [0, 0.05) is 18.8 Å². The van der Waals surface area contributed by atoms with Crippen LogP contribution in [0.4, 0.5) is 0 Å². The number of carbonyl (C=O) groups is 2. The summed E-state index contributed by atoms with van der Waals surface area (Å²) in [5.74, 6) is 0.104. The molecule has 0 spiro atoms. The second kappa shape index (κ2) is 10.6. The number of esters is 1. The minimum absolute atomic E-state index is 0.0191. The lowest BCUT2D eigenvalue weighted by Crippen LogP contribution is -2.15. The van der Waals surface area contributed by atoms with Crippen LogP contribution in [0.1, 0.15) is 40.7 Å². The van der Waals surface area contributed by atoms with E-state index >= 15 is 0 Å². The molecule has 0 heterocycles. The third-order valence-electron chi connectivity index (χ3n) is 6.61. The van der Waals surface area contributed by atoms with E-state index in [0.717, 1.165) is 30.4 Å². The van der Waals surface area contributed by atoms with Crippen LogP contribution in [0.5, 0.6) is 0 Å². The normalized spacial score (nSPS) is 19.3.